The van der Waals surface area contributed by atoms with Crippen LogP contribution in [0.15, 0.2) is 29.3 Å². The fourth-order valence-corrected chi connectivity index (χ4v) is 3.17. The Morgan fingerprint density at radius 3 is 2.80 bits per heavy atom. The van der Waals surface area contributed by atoms with Gasteiger partial charge < -0.3 is 20.1 Å². The van der Waals surface area contributed by atoms with Gasteiger partial charge in [0.15, 0.2) is 5.96 Å². The van der Waals surface area contributed by atoms with Crippen LogP contribution in [0.5, 0.6) is 0 Å². The number of ether oxygens (including phenoxy) is 2. The Kier molecular flexibility index (Phi) is 8.48. The molecule has 140 valence electrons. The predicted octanol–water partition coefficient (Wildman–Crippen LogP) is 1.91. The van der Waals surface area contributed by atoms with Crippen LogP contribution in [0, 0.1) is 0 Å². The third-order valence-corrected chi connectivity index (χ3v) is 4.44. The highest BCUT2D eigenvalue weighted by molar-refractivity contribution is 6.30. The van der Waals surface area contributed by atoms with Gasteiger partial charge in [-0.1, -0.05) is 23.7 Å². The maximum atomic E-state index is 6.21. The monoisotopic (exact) mass is 368 g/mol. The zero-order valence-corrected chi connectivity index (χ0v) is 16.1. The average molecular weight is 369 g/mol. The third kappa shape index (κ3) is 6.47. The van der Waals surface area contributed by atoms with Gasteiger partial charge in [0.05, 0.1) is 25.9 Å². The second-order valence-electron chi connectivity index (χ2n) is 6.17. The van der Waals surface area contributed by atoms with Gasteiger partial charge in [-0.15, -0.1) is 0 Å². The van der Waals surface area contributed by atoms with Crippen molar-refractivity contribution in [2.45, 2.75) is 19.0 Å². The number of methoxy groups -OCH3 is 1. The van der Waals surface area contributed by atoms with Crippen LogP contribution >= 0.6 is 11.6 Å². The minimum absolute atomic E-state index is 0.184. The van der Waals surface area contributed by atoms with Gasteiger partial charge in [-0.3, -0.25) is 9.89 Å². The second kappa shape index (κ2) is 10.6. The van der Waals surface area contributed by atoms with Crippen molar-refractivity contribution in [2.75, 3.05) is 53.6 Å². The Balaban J connectivity index is 2.05. The SMILES string of the molecule is CN=C(NCC(c1cccc(Cl)c1)N1CCOCC1)NC(C)COC. The number of guanidine groups is 1. The van der Waals surface area contributed by atoms with E-state index in [1.165, 1.54) is 5.56 Å². The molecule has 25 heavy (non-hydrogen) atoms. The highest BCUT2D eigenvalue weighted by Crippen LogP contribution is 2.23. The van der Waals surface area contributed by atoms with Crippen LogP contribution in [0.1, 0.15) is 18.5 Å². The van der Waals surface area contributed by atoms with Gasteiger partial charge in [0.2, 0.25) is 0 Å². The summed E-state index contributed by atoms with van der Waals surface area (Å²) in [7, 11) is 3.47. The van der Waals surface area contributed by atoms with Crippen molar-refractivity contribution in [1.82, 2.24) is 15.5 Å². The predicted molar refractivity (Wildman–Crippen MR) is 102 cm³/mol. The van der Waals surface area contributed by atoms with Crippen LogP contribution in [0.25, 0.3) is 0 Å². The van der Waals surface area contributed by atoms with E-state index in [1.54, 1.807) is 14.2 Å². The third-order valence-electron chi connectivity index (χ3n) is 4.21. The van der Waals surface area contributed by atoms with E-state index in [0.717, 1.165) is 43.8 Å². The topological polar surface area (TPSA) is 58.1 Å². The largest absolute Gasteiger partial charge is 0.383 e. The highest BCUT2D eigenvalue weighted by Gasteiger charge is 2.23. The van der Waals surface area contributed by atoms with E-state index in [1.807, 2.05) is 18.2 Å². The molecule has 0 bridgehead atoms. The molecule has 1 aliphatic rings. The molecular weight excluding hydrogens is 340 g/mol. The zero-order valence-electron chi connectivity index (χ0n) is 15.3. The number of nitrogens with zero attached hydrogens (tertiary/aromatic N) is 2. The van der Waals surface area contributed by atoms with Crippen LogP contribution in [0.2, 0.25) is 5.02 Å². The Labute approximate surface area is 155 Å². The summed E-state index contributed by atoms with van der Waals surface area (Å²) >= 11 is 6.21. The van der Waals surface area contributed by atoms with E-state index in [2.05, 4.69) is 33.5 Å². The molecule has 1 aromatic rings. The summed E-state index contributed by atoms with van der Waals surface area (Å²) < 4.78 is 10.7. The van der Waals surface area contributed by atoms with Gasteiger partial charge in [-0.25, -0.2) is 0 Å². The molecule has 2 N–H and O–H groups in total. The van der Waals surface area contributed by atoms with Gasteiger partial charge in [0.25, 0.3) is 0 Å². The molecule has 2 unspecified atom stereocenters. The lowest BCUT2D eigenvalue weighted by Gasteiger charge is -2.35. The normalized spacial score (nSPS) is 18.6. The first-order valence-corrected chi connectivity index (χ1v) is 9.05. The van der Waals surface area contributed by atoms with E-state index in [0.29, 0.717) is 6.61 Å². The first-order chi connectivity index (χ1) is 12.1. The summed E-state index contributed by atoms with van der Waals surface area (Å²) in [5, 5.41) is 7.52. The van der Waals surface area contributed by atoms with E-state index in [9.17, 15) is 0 Å². The Morgan fingerprint density at radius 2 is 2.16 bits per heavy atom. The second-order valence-corrected chi connectivity index (χ2v) is 6.61. The molecule has 6 nitrogen and oxygen atoms in total. The van der Waals surface area contributed by atoms with Gasteiger partial charge in [0, 0.05) is 44.9 Å². The minimum atomic E-state index is 0.184. The van der Waals surface area contributed by atoms with E-state index in [4.69, 9.17) is 21.1 Å². The van der Waals surface area contributed by atoms with E-state index >= 15 is 0 Å². The molecule has 0 spiro atoms. The number of aliphatic imine (C=N–C) groups is 1. The maximum absolute atomic E-state index is 6.21. The van der Waals surface area contributed by atoms with Crippen LogP contribution in [0.3, 0.4) is 0 Å². The van der Waals surface area contributed by atoms with Crippen molar-refractivity contribution in [1.29, 1.82) is 0 Å². The van der Waals surface area contributed by atoms with Crippen molar-refractivity contribution >= 4 is 17.6 Å². The Hall–Kier alpha value is -1.34. The molecular formula is C18H29ClN4O2. The molecule has 1 fully saturated rings. The molecule has 1 heterocycles. The summed E-state index contributed by atoms with van der Waals surface area (Å²) in [5.74, 6) is 0.768. The molecule has 7 heteroatoms. The van der Waals surface area contributed by atoms with Gasteiger partial charge >= 0.3 is 0 Å². The summed E-state index contributed by atoms with van der Waals surface area (Å²) in [6.45, 7) is 6.76. The molecule has 0 amide bonds. The lowest BCUT2D eigenvalue weighted by atomic mass is 10.0. The Morgan fingerprint density at radius 1 is 1.40 bits per heavy atom. The molecule has 2 rings (SSSR count). The molecule has 0 radical (unpaired) electrons. The number of hydrogen-bond acceptors (Lipinski definition) is 4. The molecule has 0 aromatic heterocycles. The van der Waals surface area contributed by atoms with Gasteiger partial charge in [-0.05, 0) is 24.6 Å². The molecule has 0 saturated carbocycles. The summed E-state index contributed by atoms with van der Waals surface area (Å²) in [6, 6.07) is 8.45. The molecule has 1 aromatic carbocycles. The van der Waals surface area contributed by atoms with Crippen molar-refractivity contribution in [3.63, 3.8) is 0 Å². The number of nitrogens with one attached hydrogen (secondary N) is 2. The molecule has 2 atom stereocenters. The van der Waals surface area contributed by atoms with Crippen LogP contribution in [-0.2, 0) is 9.47 Å². The number of morpholine rings is 1. The summed E-state index contributed by atoms with van der Waals surface area (Å²) in [6.07, 6.45) is 0. The quantitative estimate of drug-likeness (QED) is 0.568. The maximum Gasteiger partial charge on any atom is 0.191 e. The minimum Gasteiger partial charge on any atom is -0.383 e. The highest BCUT2D eigenvalue weighted by atomic mass is 35.5. The standard InChI is InChI=1S/C18H29ClN4O2/c1-14(13-24-3)22-18(20-2)21-12-17(23-7-9-25-10-8-23)15-5-4-6-16(19)11-15/h4-6,11,14,17H,7-10,12-13H2,1-3H3,(H2,20,21,22). The fourth-order valence-electron chi connectivity index (χ4n) is 2.97. The van der Waals surface area contributed by atoms with Crippen LogP contribution in [-0.4, -0.2) is 70.5 Å². The number of rotatable bonds is 7. The van der Waals surface area contributed by atoms with Crippen LogP contribution < -0.4 is 10.6 Å². The van der Waals surface area contributed by atoms with Crippen molar-refractivity contribution in [3.8, 4) is 0 Å². The number of hydrogen-bond donors (Lipinski definition) is 2. The van der Waals surface area contributed by atoms with Crippen molar-refractivity contribution in [2.24, 2.45) is 4.99 Å². The molecule has 0 aliphatic carbocycles. The first-order valence-electron chi connectivity index (χ1n) is 8.67. The number of halogens is 1. The summed E-state index contributed by atoms with van der Waals surface area (Å²) in [4.78, 5) is 6.73. The fraction of sp³-hybridized carbons (Fsp3) is 0.611. The average Bonchev–Trinajstić information content (AvgIpc) is 2.62. The first kappa shape index (κ1) is 20.0. The summed E-state index contributed by atoms with van der Waals surface area (Å²) in [5.41, 5.74) is 1.20. The van der Waals surface area contributed by atoms with Crippen molar-refractivity contribution < 1.29 is 9.47 Å². The molecule has 1 saturated heterocycles. The van der Waals surface area contributed by atoms with Crippen LogP contribution in [0.4, 0.5) is 0 Å². The smallest absolute Gasteiger partial charge is 0.191 e. The lowest BCUT2D eigenvalue weighted by molar-refractivity contribution is 0.0170. The number of benzene rings is 1. The molecule has 1 aliphatic heterocycles. The Bertz CT molecular complexity index is 550. The van der Waals surface area contributed by atoms with Crippen molar-refractivity contribution in [3.05, 3.63) is 34.9 Å². The lowest BCUT2D eigenvalue weighted by Crippen LogP contribution is -2.48. The van der Waals surface area contributed by atoms with E-state index in [-0.39, 0.29) is 12.1 Å². The zero-order chi connectivity index (χ0) is 18.1. The van der Waals surface area contributed by atoms with Gasteiger partial charge in [-0.2, -0.15) is 0 Å². The van der Waals surface area contributed by atoms with Gasteiger partial charge in [0.1, 0.15) is 0 Å². The van der Waals surface area contributed by atoms with E-state index < -0.39 is 0 Å².